The first-order chi connectivity index (χ1) is 12.5. The third-order valence-corrected chi connectivity index (χ3v) is 5.00. The number of benzene rings is 2. The molecule has 0 aromatic heterocycles. The van der Waals surface area contributed by atoms with E-state index in [2.05, 4.69) is 10.2 Å². The molecule has 2 aromatic carbocycles. The SMILES string of the molecule is Cc1c(Cl)cccc1NC(=O)CN1CCN(C(=O)c2ccccc2)CC1. The van der Waals surface area contributed by atoms with Crippen molar-refractivity contribution in [2.45, 2.75) is 6.92 Å². The molecule has 0 saturated carbocycles. The molecular weight excluding hydrogens is 350 g/mol. The number of hydrogen-bond acceptors (Lipinski definition) is 3. The van der Waals surface area contributed by atoms with Gasteiger partial charge in [-0.3, -0.25) is 14.5 Å². The lowest BCUT2D eigenvalue weighted by atomic mass is 10.2. The minimum absolute atomic E-state index is 0.0456. The molecular formula is C20H22ClN3O2. The van der Waals surface area contributed by atoms with Gasteiger partial charge in [0.25, 0.3) is 5.91 Å². The lowest BCUT2D eigenvalue weighted by Gasteiger charge is -2.34. The molecule has 1 saturated heterocycles. The average molecular weight is 372 g/mol. The van der Waals surface area contributed by atoms with Crippen molar-refractivity contribution in [1.29, 1.82) is 0 Å². The second kappa shape index (κ2) is 8.34. The highest BCUT2D eigenvalue weighted by atomic mass is 35.5. The fourth-order valence-electron chi connectivity index (χ4n) is 3.01. The van der Waals surface area contributed by atoms with Gasteiger partial charge >= 0.3 is 0 Å². The summed E-state index contributed by atoms with van der Waals surface area (Å²) in [5, 5.41) is 3.55. The van der Waals surface area contributed by atoms with Crippen LogP contribution in [0.5, 0.6) is 0 Å². The maximum Gasteiger partial charge on any atom is 0.253 e. The molecule has 1 heterocycles. The van der Waals surface area contributed by atoms with Crippen LogP contribution in [0.4, 0.5) is 5.69 Å². The Balaban J connectivity index is 1.50. The first kappa shape index (κ1) is 18.4. The van der Waals surface area contributed by atoms with Crippen molar-refractivity contribution in [3.05, 3.63) is 64.7 Å². The molecule has 5 nitrogen and oxygen atoms in total. The topological polar surface area (TPSA) is 52.7 Å². The summed E-state index contributed by atoms with van der Waals surface area (Å²) in [6, 6.07) is 14.8. The van der Waals surface area contributed by atoms with Crippen molar-refractivity contribution in [3.8, 4) is 0 Å². The molecule has 0 spiro atoms. The van der Waals surface area contributed by atoms with Crippen LogP contribution < -0.4 is 5.32 Å². The van der Waals surface area contributed by atoms with Gasteiger partial charge in [0.05, 0.1) is 6.54 Å². The molecule has 0 radical (unpaired) electrons. The largest absolute Gasteiger partial charge is 0.336 e. The van der Waals surface area contributed by atoms with Crippen LogP contribution in [0.25, 0.3) is 0 Å². The zero-order valence-electron chi connectivity index (χ0n) is 14.7. The Labute approximate surface area is 158 Å². The van der Waals surface area contributed by atoms with E-state index in [1.807, 2.05) is 54.3 Å². The van der Waals surface area contributed by atoms with Gasteiger partial charge in [0.2, 0.25) is 5.91 Å². The lowest BCUT2D eigenvalue weighted by molar-refractivity contribution is -0.117. The van der Waals surface area contributed by atoms with Crippen LogP contribution in [0.1, 0.15) is 15.9 Å². The fourth-order valence-corrected chi connectivity index (χ4v) is 3.18. The predicted molar refractivity (Wildman–Crippen MR) is 104 cm³/mol. The number of rotatable bonds is 4. The van der Waals surface area contributed by atoms with Crippen molar-refractivity contribution in [2.75, 3.05) is 38.0 Å². The lowest BCUT2D eigenvalue weighted by Crippen LogP contribution is -2.50. The van der Waals surface area contributed by atoms with Gasteiger partial charge < -0.3 is 10.2 Å². The van der Waals surface area contributed by atoms with Crippen molar-refractivity contribution < 1.29 is 9.59 Å². The molecule has 26 heavy (non-hydrogen) atoms. The normalized spacial score (nSPS) is 14.9. The summed E-state index contributed by atoms with van der Waals surface area (Å²) in [5.41, 5.74) is 2.30. The van der Waals surface area contributed by atoms with E-state index >= 15 is 0 Å². The summed E-state index contributed by atoms with van der Waals surface area (Å²) in [5.74, 6) is -0.0255. The molecule has 0 aliphatic carbocycles. The third-order valence-electron chi connectivity index (χ3n) is 4.59. The van der Waals surface area contributed by atoms with E-state index in [0.717, 1.165) is 11.3 Å². The standard InChI is InChI=1S/C20H22ClN3O2/c1-15-17(21)8-5-9-18(15)22-19(25)14-23-10-12-24(13-11-23)20(26)16-6-3-2-4-7-16/h2-9H,10-14H2,1H3,(H,22,25). The van der Waals surface area contributed by atoms with E-state index in [-0.39, 0.29) is 11.8 Å². The van der Waals surface area contributed by atoms with Crippen LogP contribution in [-0.4, -0.2) is 54.3 Å². The van der Waals surface area contributed by atoms with Gasteiger partial charge in [-0.25, -0.2) is 0 Å². The molecule has 2 amide bonds. The van der Waals surface area contributed by atoms with E-state index in [0.29, 0.717) is 43.3 Å². The van der Waals surface area contributed by atoms with Gasteiger partial charge in [0, 0.05) is 42.5 Å². The number of nitrogens with zero attached hydrogens (tertiary/aromatic N) is 2. The van der Waals surface area contributed by atoms with Crippen LogP contribution >= 0.6 is 11.6 Å². The number of amides is 2. The van der Waals surface area contributed by atoms with E-state index in [1.54, 1.807) is 6.07 Å². The Hall–Kier alpha value is -2.37. The molecule has 1 fully saturated rings. The van der Waals surface area contributed by atoms with Crippen LogP contribution in [0, 0.1) is 6.92 Å². The van der Waals surface area contributed by atoms with Gasteiger partial charge in [-0.2, -0.15) is 0 Å². The van der Waals surface area contributed by atoms with E-state index in [4.69, 9.17) is 11.6 Å². The van der Waals surface area contributed by atoms with Crippen molar-refractivity contribution in [2.24, 2.45) is 0 Å². The van der Waals surface area contributed by atoms with E-state index in [1.165, 1.54) is 0 Å². The van der Waals surface area contributed by atoms with Gasteiger partial charge in [-0.15, -0.1) is 0 Å². The molecule has 1 aliphatic rings. The Morgan fingerprint density at radius 1 is 1.00 bits per heavy atom. The monoisotopic (exact) mass is 371 g/mol. The fraction of sp³-hybridized carbons (Fsp3) is 0.300. The van der Waals surface area contributed by atoms with Crippen LogP contribution in [-0.2, 0) is 4.79 Å². The number of halogens is 1. The highest BCUT2D eigenvalue weighted by molar-refractivity contribution is 6.31. The zero-order chi connectivity index (χ0) is 18.5. The van der Waals surface area contributed by atoms with Crippen LogP contribution in [0.3, 0.4) is 0 Å². The van der Waals surface area contributed by atoms with Crippen molar-refractivity contribution in [3.63, 3.8) is 0 Å². The minimum atomic E-state index is -0.0711. The maximum atomic E-state index is 12.5. The Morgan fingerprint density at radius 3 is 2.38 bits per heavy atom. The smallest absolute Gasteiger partial charge is 0.253 e. The molecule has 0 atom stereocenters. The summed E-state index contributed by atoms with van der Waals surface area (Å²) in [7, 11) is 0. The second-order valence-electron chi connectivity index (χ2n) is 6.39. The molecule has 136 valence electrons. The van der Waals surface area contributed by atoms with Gasteiger partial charge in [0.15, 0.2) is 0 Å². The Kier molecular flexibility index (Phi) is 5.91. The molecule has 0 bridgehead atoms. The Bertz CT molecular complexity index is 787. The average Bonchev–Trinajstić information content (AvgIpc) is 2.66. The van der Waals surface area contributed by atoms with Crippen LogP contribution in [0.15, 0.2) is 48.5 Å². The van der Waals surface area contributed by atoms with Gasteiger partial charge in [-0.05, 0) is 36.8 Å². The molecule has 2 aromatic rings. The van der Waals surface area contributed by atoms with E-state index in [9.17, 15) is 9.59 Å². The highest BCUT2D eigenvalue weighted by Gasteiger charge is 2.23. The number of carbonyl (C=O) groups excluding carboxylic acids is 2. The molecule has 3 rings (SSSR count). The number of hydrogen-bond donors (Lipinski definition) is 1. The van der Waals surface area contributed by atoms with Gasteiger partial charge in [0.1, 0.15) is 0 Å². The number of nitrogens with one attached hydrogen (secondary N) is 1. The summed E-state index contributed by atoms with van der Waals surface area (Å²) in [6.45, 7) is 4.79. The van der Waals surface area contributed by atoms with Crippen molar-refractivity contribution in [1.82, 2.24) is 9.80 Å². The summed E-state index contributed by atoms with van der Waals surface area (Å²) >= 11 is 6.09. The Morgan fingerprint density at radius 2 is 1.69 bits per heavy atom. The second-order valence-corrected chi connectivity index (χ2v) is 6.80. The molecule has 1 N–H and O–H groups in total. The van der Waals surface area contributed by atoms with Crippen LogP contribution in [0.2, 0.25) is 5.02 Å². The first-order valence-electron chi connectivity index (χ1n) is 8.66. The highest BCUT2D eigenvalue weighted by Crippen LogP contribution is 2.22. The van der Waals surface area contributed by atoms with E-state index < -0.39 is 0 Å². The molecule has 1 aliphatic heterocycles. The summed E-state index contributed by atoms with van der Waals surface area (Å²) in [4.78, 5) is 28.7. The third kappa shape index (κ3) is 4.42. The summed E-state index contributed by atoms with van der Waals surface area (Å²) < 4.78 is 0. The minimum Gasteiger partial charge on any atom is -0.336 e. The maximum absolute atomic E-state index is 12.5. The predicted octanol–water partition coefficient (Wildman–Crippen LogP) is 3.04. The summed E-state index contributed by atoms with van der Waals surface area (Å²) in [6.07, 6.45) is 0. The molecule has 6 heteroatoms. The van der Waals surface area contributed by atoms with Gasteiger partial charge in [-0.1, -0.05) is 35.9 Å². The zero-order valence-corrected chi connectivity index (χ0v) is 15.5. The quantitative estimate of drug-likeness (QED) is 0.898. The number of anilines is 1. The molecule has 0 unspecified atom stereocenters. The number of piperazine rings is 1. The first-order valence-corrected chi connectivity index (χ1v) is 9.04. The van der Waals surface area contributed by atoms with Crippen molar-refractivity contribution >= 4 is 29.1 Å². The number of carbonyl (C=O) groups is 2.